The summed E-state index contributed by atoms with van der Waals surface area (Å²) in [7, 11) is 0. The van der Waals surface area contributed by atoms with Crippen molar-refractivity contribution in [2.45, 2.75) is 32.6 Å². The Balaban J connectivity index is 1.87. The van der Waals surface area contributed by atoms with Gasteiger partial charge in [0.2, 0.25) is 5.91 Å². The number of hydrogen-bond acceptors (Lipinski definition) is 2. The summed E-state index contributed by atoms with van der Waals surface area (Å²) < 4.78 is 0. The average molecular weight is 244 g/mol. The summed E-state index contributed by atoms with van der Waals surface area (Å²) in [6.45, 7) is 3.02. The molecule has 3 nitrogen and oxygen atoms in total. The van der Waals surface area contributed by atoms with Gasteiger partial charge in [-0.05, 0) is 42.9 Å². The number of anilines is 2. The number of benzene rings is 1. The van der Waals surface area contributed by atoms with E-state index in [0.717, 1.165) is 30.8 Å². The molecule has 1 saturated carbocycles. The van der Waals surface area contributed by atoms with E-state index in [1.54, 1.807) is 0 Å². The normalized spacial score (nSPS) is 26.4. The number of carbonyl (C=O) groups excluding carboxylic acids is 1. The average Bonchev–Trinajstić information content (AvgIpc) is 2.94. The van der Waals surface area contributed by atoms with Crippen LogP contribution >= 0.6 is 0 Å². The van der Waals surface area contributed by atoms with Crippen LogP contribution in [0.3, 0.4) is 0 Å². The van der Waals surface area contributed by atoms with Gasteiger partial charge in [-0.3, -0.25) is 4.79 Å². The molecule has 0 spiro atoms. The summed E-state index contributed by atoms with van der Waals surface area (Å²) in [6, 6.07) is 5.92. The molecule has 0 radical (unpaired) electrons. The summed E-state index contributed by atoms with van der Waals surface area (Å²) >= 11 is 0. The highest BCUT2D eigenvalue weighted by Gasteiger charge is 2.35. The molecule has 0 bridgehead atoms. The standard InChI is InChI=1S/C15H20N2O/c1-10-3-2-4-13(10)15(18)17-8-7-11-5-6-12(16)9-14(11)17/h5-6,9-10,13H,2-4,7-8,16H2,1H3. The topological polar surface area (TPSA) is 46.3 Å². The van der Waals surface area contributed by atoms with E-state index in [1.807, 2.05) is 17.0 Å². The van der Waals surface area contributed by atoms with Crippen LogP contribution in [0.25, 0.3) is 0 Å². The molecule has 96 valence electrons. The molecule has 3 rings (SSSR count). The highest BCUT2D eigenvalue weighted by molar-refractivity contribution is 5.97. The van der Waals surface area contributed by atoms with Crippen LogP contribution in [0, 0.1) is 11.8 Å². The van der Waals surface area contributed by atoms with Crippen molar-refractivity contribution in [3.05, 3.63) is 23.8 Å². The number of nitrogens with zero attached hydrogens (tertiary/aromatic N) is 1. The Bertz CT molecular complexity index is 483. The van der Waals surface area contributed by atoms with Crippen LogP contribution in [-0.4, -0.2) is 12.5 Å². The molecular formula is C15H20N2O. The summed E-state index contributed by atoms with van der Waals surface area (Å²) in [4.78, 5) is 14.6. The first kappa shape index (κ1) is 11.6. The first-order valence-corrected chi connectivity index (χ1v) is 6.86. The zero-order valence-electron chi connectivity index (χ0n) is 10.9. The van der Waals surface area contributed by atoms with E-state index in [4.69, 9.17) is 5.73 Å². The molecule has 1 aliphatic heterocycles. The molecule has 1 amide bonds. The van der Waals surface area contributed by atoms with Gasteiger partial charge in [0.05, 0.1) is 0 Å². The smallest absolute Gasteiger partial charge is 0.230 e. The molecule has 0 saturated heterocycles. The molecule has 0 aromatic heterocycles. The Kier molecular flexibility index (Phi) is 2.77. The van der Waals surface area contributed by atoms with Crippen molar-refractivity contribution in [3.8, 4) is 0 Å². The number of fused-ring (bicyclic) bond motifs is 1. The molecule has 1 fully saturated rings. The summed E-state index contributed by atoms with van der Waals surface area (Å²) in [5.74, 6) is 1.06. The van der Waals surface area contributed by atoms with Gasteiger partial charge in [0.25, 0.3) is 0 Å². The van der Waals surface area contributed by atoms with E-state index in [0.29, 0.717) is 11.8 Å². The Labute approximate surface area is 108 Å². The highest BCUT2D eigenvalue weighted by Crippen LogP contribution is 2.37. The Morgan fingerprint density at radius 1 is 1.39 bits per heavy atom. The Hall–Kier alpha value is -1.51. The number of nitrogen functional groups attached to an aromatic ring is 1. The van der Waals surface area contributed by atoms with Gasteiger partial charge >= 0.3 is 0 Å². The highest BCUT2D eigenvalue weighted by atomic mass is 16.2. The fraction of sp³-hybridized carbons (Fsp3) is 0.533. The van der Waals surface area contributed by atoms with E-state index in [1.165, 1.54) is 18.4 Å². The molecule has 2 atom stereocenters. The van der Waals surface area contributed by atoms with Gasteiger partial charge in [0, 0.05) is 23.8 Å². The van der Waals surface area contributed by atoms with Crippen molar-refractivity contribution >= 4 is 17.3 Å². The minimum Gasteiger partial charge on any atom is -0.399 e. The predicted octanol–water partition coefficient (Wildman–Crippen LogP) is 2.59. The van der Waals surface area contributed by atoms with E-state index >= 15 is 0 Å². The zero-order chi connectivity index (χ0) is 12.7. The fourth-order valence-electron chi connectivity index (χ4n) is 3.34. The van der Waals surface area contributed by atoms with Crippen LogP contribution in [0.5, 0.6) is 0 Å². The van der Waals surface area contributed by atoms with Crippen LogP contribution in [0.2, 0.25) is 0 Å². The number of nitrogens with two attached hydrogens (primary N) is 1. The van der Waals surface area contributed by atoms with Crippen molar-refractivity contribution in [3.63, 3.8) is 0 Å². The largest absolute Gasteiger partial charge is 0.399 e. The third-order valence-electron chi connectivity index (χ3n) is 4.45. The second kappa shape index (κ2) is 4.30. The fourth-order valence-corrected chi connectivity index (χ4v) is 3.34. The maximum absolute atomic E-state index is 12.6. The number of carbonyl (C=O) groups is 1. The molecular weight excluding hydrogens is 224 g/mol. The minimum atomic E-state index is 0.220. The van der Waals surface area contributed by atoms with Gasteiger partial charge in [-0.15, -0.1) is 0 Å². The van der Waals surface area contributed by atoms with Crippen LogP contribution in [0.1, 0.15) is 31.7 Å². The van der Waals surface area contributed by atoms with Crippen LogP contribution in [-0.2, 0) is 11.2 Å². The van der Waals surface area contributed by atoms with Crippen molar-refractivity contribution < 1.29 is 4.79 Å². The van der Waals surface area contributed by atoms with Crippen molar-refractivity contribution in [2.24, 2.45) is 11.8 Å². The Morgan fingerprint density at radius 3 is 2.94 bits per heavy atom. The van der Waals surface area contributed by atoms with Gasteiger partial charge in [0.15, 0.2) is 0 Å². The van der Waals surface area contributed by atoms with Crippen molar-refractivity contribution in [1.82, 2.24) is 0 Å². The number of rotatable bonds is 1. The minimum absolute atomic E-state index is 0.220. The molecule has 1 heterocycles. The molecule has 2 N–H and O–H groups in total. The van der Waals surface area contributed by atoms with Crippen LogP contribution in [0.15, 0.2) is 18.2 Å². The van der Waals surface area contributed by atoms with Gasteiger partial charge < -0.3 is 10.6 Å². The maximum Gasteiger partial charge on any atom is 0.230 e. The maximum atomic E-state index is 12.6. The predicted molar refractivity (Wildman–Crippen MR) is 73.4 cm³/mol. The molecule has 18 heavy (non-hydrogen) atoms. The lowest BCUT2D eigenvalue weighted by Gasteiger charge is -2.23. The molecule has 1 aliphatic carbocycles. The number of amides is 1. The van der Waals surface area contributed by atoms with Gasteiger partial charge in [-0.1, -0.05) is 19.4 Å². The third kappa shape index (κ3) is 1.78. The SMILES string of the molecule is CC1CCCC1C(=O)N1CCc2ccc(N)cc21. The second-order valence-electron chi connectivity index (χ2n) is 5.64. The van der Waals surface area contributed by atoms with E-state index in [-0.39, 0.29) is 5.92 Å². The lowest BCUT2D eigenvalue weighted by Crippen LogP contribution is -2.35. The quantitative estimate of drug-likeness (QED) is 0.772. The number of hydrogen-bond donors (Lipinski definition) is 1. The van der Waals surface area contributed by atoms with E-state index in [2.05, 4.69) is 13.0 Å². The summed E-state index contributed by atoms with van der Waals surface area (Å²) in [5, 5.41) is 0. The van der Waals surface area contributed by atoms with E-state index < -0.39 is 0 Å². The Morgan fingerprint density at radius 2 is 2.22 bits per heavy atom. The van der Waals surface area contributed by atoms with Crippen molar-refractivity contribution in [2.75, 3.05) is 17.2 Å². The van der Waals surface area contributed by atoms with E-state index in [9.17, 15) is 4.79 Å². The molecule has 2 aliphatic rings. The summed E-state index contributed by atoms with van der Waals surface area (Å²) in [6.07, 6.45) is 4.39. The lowest BCUT2D eigenvalue weighted by molar-refractivity contribution is -0.123. The van der Waals surface area contributed by atoms with Gasteiger partial charge in [-0.25, -0.2) is 0 Å². The first-order valence-electron chi connectivity index (χ1n) is 6.86. The summed E-state index contributed by atoms with van der Waals surface area (Å²) in [5.41, 5.74) is 8.87. The zero-order valence-corrected chi connectivity index (χ0v) is 10.9. The monoisotopic (exact) mass is 244 g/mol. The van der Waals surface area contributed by atoms with Gasteiger partial charge in [0.1, 0.15) is 0 Å². The van der Waals surface area contributed by atoms with Crippen LogP contribution in [0.4, 0.5) is 11.4 Å². The molecule has 3 heteroatoms. The van der Waals surface area contributed by atoms with Crippen molar-refractivity contribution in [1.29, 1.82) is 0 Å². The molecule has 1 aromatic rings. The molecule has 2 unspecified atom stereocenters. The molecule has 1 aromatic carbocycles. The van der Waals surface area contributed by atoms with Gasteiger partial charge in [-0.2, -0.15) is 0 Å². The van der Waals surface area contributed by atoms with Crippen LogP contribution < -0.4 is 10.6 Å². The third-order valence-corrected chi connectivity index (χ3v) is 4.45. The first-order chi connectivity index (χ1) is 8.66. The lowest BCUT2D eigenvalue weighted by atomic mass is 9.96. The second-order valence-corrected chi connectivity index (χ2v) is 5.64.